The van der Waals surface area contributed by atoms with Crippen LogP contribution in [-0.2, 0) is 4.79 Å². The van der Waals surface area contributed by atoms with Gasteiger partial charge in [0.25, 0.3) is 5.91 Å². The van der Waals surface area contributed by atoms with E-state index in [2.05, 4.69) is 21.1 Å². The number of carbonyl (C=O) groups is 2. The number of nitrogens with one attached hydrogen (secondary N) is 2. The second kappa shape index (κ2) is 13.0. The number of hydrogen-bond donors (Lipinski definition) is 2. The Balaban J connectivity index is 1.41. The summed E-state index contributed by atoms with van der Waals surface area (Å²) in [7, 11) is 1.79. The average molecular weight is 680 g/mol. The summed E-state index contributed by atoms with van der Waals surface area (Å²) in [6, 6.07) is 24.4. The van der Waals surface area contributed by atoms with Crippen LogP contribution in [0.25, 0.3) is 11.0 Å². The van der Waals surface area contributed by atoms with Gasteiger partial charge in [-0.2, -0.15) is 4.68 Å². The van der Waals surface area contributed by atoms with E-state index in [0.29, 0.717) is 60.4 Å². The molecular weight excluding hydrogens is 655 g/mol. The SMILES string of the molecule is CCN(C(=O)n1nnc2ccccc21)c1ccccc1SC1C(=O)N(c2cc(Cl)ccc2Cl)NC1=Nc1cc(NC)ccc1Cl. The van der Waals surface area contributed by atoms with Gasteiger partial charge in [-0.05, 0) is 67.6 Å². The van der Waals surface area contributed by atoms with Gasteiger partial charge < -0.3 is 5.32 Å². The number of aliphatic imine (C=N–C) groups is 1. The summed E-state index contributed by atoms with van der Waals surface area (Å²) in [5.74, 6) is -0.0158. The van der Waals surface area contributed by atoms with E-state index in [-0.39, 0.29) is 11.9 Å². The summed E-state index contributed by atoms with van der Waals surface area (Å²) in [5.41, 5.74) is 6.54. The van der Waals surface area contributed by atoms with Crippen LogP contribution < -0.4 is 20.7 Å². The molecule has 2 heterocycles. The van der Waals surface area contributed by atoms with Crippen LogP contribution >= 0.6 is 46.6 Å². The van der Waals surface area contributed by atoms with Crippen molar-refractivity contribution in [1.82, 2.24) is 20.4 Å². The molecule has 1 aliphatic rings. The molecule has 14 heteroatoms. The summed E-state index contributed by atoms with van der Waals surface area (Å²) in [4.78, 5) is 35.0. The number of fused-ring (bicyclic) bond motifs is 1. The third-order valence-electron chi connectivity index (χ3n) is 7.03. The maximum atomic E-state index is 14.1. The maximum Gasteiger partial charge on any atom is 0.351 e. The molecule has 45 heavy (non-hydrogen) atoms. The molecule has 1 unspecified atom stereocenters. The number of para-hydroxylation sites is 2. The Morgan fingerprint density at radius 2 is 1.78 bits per heavy atom. The Hall–Kier alpha value is -4.29. The highest BCUT2D eigenvalue weighted by Gasteiger charge is 2.41. The van der Waals surface area contributed by atoms with E-state index in [1.807, 2.05) is 49.4 Å². The summed E-state index contributed by atoms with van der Waals surface area (Å²) in [6.07, 6.45) is 0. The lowest BCUT2D eigenvalue weighted by molar-refractivity contribution is -0.116. The first kappa shape index (κ1) is 30.7. The fraction of sp³-hybridized carbons (Fsp3) is 0.129. The zero-order valence-corrected chi connectivity index (χ0v) is 27.0. The zero-order valence-electron chi connectivity index (χ0n) is 23.9. The number of benzene rings is 4. The molecule has 0 aliphatic carbocycles. The number of hydrazine groups is 1. The maximum absolute atomic E-state index is 14.1. The summed E-state index contributed by atoms with van der Waals surface area (Å²) in [6.45, 7) is 2.20. The Morgan fingerprint density at radius 3 is 2.58 bits per heavy atom. The average Bonchev–Trinajstić information content (AvgIpc) is 3.61. The highest BCUT2D eigenvalue weighted by Crippen LogP contribution is 2.39. The van der Waals surface area contributed by atoms with Gasteiger partial charge in [-0.25, -0.2) is 14.8 Å². The van der Waals surface area contributed by atoms with Gasteiger partial charge in [0.15, 0.2) is 0 Å². The van der Waals surface area contributed by atoms with Crippen molar-refractivity contribution in [2.24, 2.45) is 4.99 Å². The van der Waals surface area contributed by atoms with Gasteiger partial charge >= 0.3 is 6.03 Å². The molecule has 0 bridgehead atoms. The number of amides is 2. The van der Waals surface area contributed by atoms with Crippen molar-refractivity contribution in [2.75, 3.05) is 28.8 Å². The molecule has 1 aliphatic heterocycles. The van der Waals surface area contributed by atoms with Crippen molar-refractivity contribution >= 4 is 98.1 Å². The van der Waals surface area contributed by atoms with Crippen LogP contribution in [0.2, 0.25) is 15.1 Å². The van der Waals surface area contributed by atoms with Crippen molar-refractivity contribution in [3.63, 3.8) is 0 Å². The second-order valence-corrected chi connectivity index (χ2v) is 12.2. The molecule has 0 spiro atoms. The Morgan fingerprint density at radius 1 is 1.02 bits per heavy atom. The lowest BCUT2D eigenvalue weighted by Gasteiger charge is -2.24. The lowest BCUT2D eigenvalue weighted by Crippen LogP contribution is -2.36. The van der Waals surface area contributed by atoms with Crippen molar-refractivity contribution in [3.8, 4) is 0 Å². The molecule has 4 aromatic carbocycles. The number of carbonyl (C=O) groups excluding carboxylic acids is 2. The zero-order chi connectivity index (χ0) is 31.7. The standard InChI is InChI=1S/C31H25Cl3N8O2S/c1-3-40(31(44)42-24-9-5-4-8-22(24)37-39-42)25-10-6-7-11-27(25)45-28-29(36-23-17-19(35-2)13-15-20(23)33)38-41(30(28)43)26-16-18(32)12-14-21(26)34/h4-17,28,35H,3H2,1-2H3,(H,36,38). The van der Waals surface area contributed by atoms with Crippen LogP contribution in [-0.4, -0.2) is 51.6 Å². The number of amidine groups is 1. The van der Waals surface area contributed by atoms with Crippen LogP contribution in [0.3, 0.4) is 0 Å². The van der Waals surface area contributed by atoms with E-state index < -0.39 is 5.25 Å². The molecule has 1 saturated heterocycles. The molecule has 2 N–H and O–H groups in total. The van der Waals surface area contributed by atoms with Crippen LogP contribution in [0.15, 0.2) is 94.8 Å². The minimum Gasteiger partial charge on any atom is -0.388 e. The smallest absolute Gasteiger partial charge is 0.351 e. The monoisotopic (exact) mass is 678 g/mol. The first-order chi connectivity index (χ1) is 21.8. The summed E-state index contributed by atoms with van der Waals surface area (Å²) < 4.78 is 1.27. The molecule has 0 radical (unpaired) electrons. The van der Waals surface area contributed by atoms with Crippen molar-refractivity contribution in [3.05, 3.63) is 100.0 Å². The molecule has 1 atom stereocenters. The van der Waals surface area contributed by atoms with Crippen LogP contribution in [0.4, 0.5) is 27.5 Å². The minimum atomic E-state index is -0.864. The van der Waals surface area contributed by atoms with Gasteiger partial charge in [-0.3, -0.25) is 15.1 Å². The first-order valence-electron chi connectivity index (χ1n) is 13.8. The van der Waals surface area contributed by atoms with E-state index in [4.69, 9.17) is 39.8 Å². The first-order valence-corrected chi connectivity index (χ1v) is 15.8. The van der Waals surface area contributed by atoms with E-state index in [0.717, 1.165) is 5.69 Å². The van der Waals surface area contributed by atoms with E-state index in [9.17, 15) is 9.59 Å². The normalized spacial score (nSPS) is 15.5. The molecule has 228 valence electrons. The van der Waals surface area contributed by atoms with Gasteiger partial charge in [-0.15, -0.1) is 16.9 Å². The van der Waals surface area contributed by atoms with Gasteiger partial charge in [-0.1, -0.05) is 64.3 Å². The molecule has 6 rings (SSSR count). The molecular formula is C31H25Cl3N8O2S. The third-order valence-corrected chi connectivity index (χ3v) is 9.16. The fourth-order valence-electron chi connectivity index (χ4n) is 4.81. The van der Waals surface area contributed by atoms with Crippen molar-refractivity contribution < 1.29 is 9.59 Å². The molecule has 5 aromatic rings. The molecule has 1 fully saturated rings. The molecule has 2 amide bonds. The molecule has 1 aromatic heterocycles. The fourth-order valence-corrected chi connectivity index (χ4v) is 6.47. The van der Waals surface area contributed by atoms with E-state index in [1.54, 1.807) is 54.4 Å². The van der Waals surface area contributed by atoms with Gasteiger partial charge in [0.05, 0.1) is 32.6 Å². The van der Waals surface area contributed by atoms with Crippen molar-refractivity contribution in [1.29, 1.82) is 0 Å². The van der Waals surface area contributed by atoms with Gasteiger partial charge in [0, 0.05) is 29.2 Å². The number of rotatable bonds is 7. The number of aromatic nitrogens is 3. The number of hydrogen-bond acceptors (Lipinski definition) is 7. The van der Waals surface area contributed by atoms with Gasteiger partial charge in [0.2, 0.25) is 0 Å². The Kier molecular flexibility index (Phi) is 8.86. The van der Waals surface area contributed by atoms with E-state index >= 15 is 0 Å². The number of halogens is 3. The topological polar surface area (TPSA) is 108 Å². The van der Waals surface area contributed by atoms with Crippen LogP contribution in [0.1, 0.15) is 6.92 Å². The molecule has 0 saturated carbocycles. The Bertz CT molecular complexity index is 1970. The summed E-state index contributed by atoms with van der Waals surface area (Å²) in [5, 5.41) is 12.9. The quantitative estimate of drug-likeness (QED) is 0.182. The summed E-state index contributed by atoms with van der Waals surface area (Å²) >= 11 is 20.5. The number of anilines is 3. The number of thioether (sulfide) groups is 1. The van der Waals surface area contributed by atoms with Crippen molar-refractivity contribution in [2.45, 2.75) is 17.1 Å². The predicted molar refractivity (Wildman–Crippen MR) is 183 cm³/mol. The minimum absolute atomic E-state index is 0.322. The highest BCUT2D eigenvalue weighted by molar-refractivity contribution is 8.01. The third kappa shape index (κ3) is 6.04. The predicted octanol–water partition coefficient (Wildman–Crippen LogP) is 7.67. The van der Waals surface area contributed by atoms with Crippen LogP contribution in [0, 0.1) is 0 Å². The highest BCUT2D eigenvalue weighted by atomic mass is 35.5. The Labute approximate surface area is 277 Å². The van der Waals surface area contributed by atoms with Crippen LogP contribution in [0.5, 0.6) is 0 Å². The number of nitrogens with zero attached hydrogens (tertiary/aromatic N) is 6. The molecule has 10 nitrogen and oxygen atoms in total. The lowest BCUT2D eigenvalue weighted by atomic mass is 10.2. The van der Waals surface area contributed by atoms with E-state index in [1.165, 1.54) is 21.5 Å². The van der Waals surface area contributed by atoms with Gasteiger partial charge in [0.1, 0.15) is 16.6 Å². The largest absolute Gasteiger partial charge is 0.388 e. The second-order valence-electron chi connectivity index (χ2n) is 9.78.